The molecule has 4 N–H and O–H groups in total. The Balaban J connectivity index is 1.71. The average Bonchev–Trinajstić information content (AvgIpc) is 2.72. The highest BCUT2D eigenvalue weighted by atomic mass is 16.5. The van der Waals surface area contributed by atoms with Gasteiger partial charge in [0, 0.05) is 18.3 Å². The topological polar surface area (TPSA) is 115 Å². The molecule has 0 aliphatic rings. The van der Waals surface area contributed by atoms with E-state index in [1.54, 1.807) is 44.2 Å². The van der Waals surface area contributed by atoms with E-state index in [-0.39, 0.29) is 17.4 Å². The second kappa shape index (κ2) is 8.75. The fourth-order valence-electron chi connectivity index (χ4n) is 2.78. The lowest BCUT2D eigenvalue weighted by Crippen LogP contribution is -2.23. The summed E-state index contributed by atoms with van der Waals surface area (Å²) in [5, 5.41) is 12.9. The third-order valence-electron chi connectivity index (χ3n) is 4.46. The molecule has 0 atom stereocenters. The highest BCUT2D eigenvalue weighted by molar-refractivity contribution is 5.96. The number of amides is 2. The number of aromatic nitrogens is 1. The van der Waals surface area contributed by atoms with Crippen LogP contribution in [0.4, 0.5) is 0 Å². The minimum absolute atomic E-state index is 0.119. The number of benzene rings is 2. The number of ether oxygens (including phenoxy) is 1. The number of pyridine rings is 1. The van der Waals surface area contributed by atoms with Crippen LogP contribution in [0, 0.1) is 0 Å². The maximum absolute atomic E-state index is 12.7. The summed E-state index contributed by atoms with van der Waals surface area (Å²) in [6, 6.07) is 16.9. The summed E-state index contributed by atoms with van der Waals surface area (Å²) in [6.07, 6.45) is 1.51. The van der Waals surface area contributed by atoms with Crippen molar-refractivity contribution in [2.45, 2.75) is 26.0 Å². The number of nitrogens with one attached hydrogen (secondary N) is 1. The van der Waals surface area contributed by atoms with Gasteiger partial charge in [0.2, 0.25) is 11.8 Å². The van der Waals surface area contributed by atoms with E-state index < -0.39 is 11.5 Å². The fraction of sp³-hybridized carbons (Fsp3) is 0.174. The Hall–Kier alpha value is -3.71. The van der Waals surface area contributed by atoms with Crippen molar-refractivity contribution in [3.63, 3.8) is 0 Å². The Bertz CT molecular complexity index is 1060. The number of nitrogens with zero attached hydrogens (tertiary/aromatic N) is 1. The van der Waals surface area contributed by atoms with Crippen LogP contribution in [0.5, 0.6) is 11.6 Å². The van der Waals surface area contributed by atoms with Crippen molar-refractivity contribution in [2.75, 3.05) is 0 Å². The number of hydrogen-bond acceptors (Lipinski definition) is 5. The molecule has 2 aromatic carbocycles. The van der Waals surface area contributed by atoms with Crippen molar-refractivity contribution in [3.8, 4) is 11.6 Å². The first-order valence-corrected chi connectivity index (χ1v) is 9.37. The largest absolute Gasteiger partial charge is 0.438 e. The van der Waals surface area contributed by atoms with E-state index in [1.807, 2.05) is 24.3 Å². The summed E-state index contributed by atoms with van der Waals surface area (Å²) < 4.78 is 5.72. The highest BCUT2D eigenvalue weighted by Crippen LogP contribution is 2.24. The maximum Gasteiger partial charge on any atom is 0.257 e. The van der Waals surface area contributed by atoms with E-state index in [1.165, 1.54) is 12.3 Å². The molecule has 0 radical (unpaired) electrons. The van der Waals surface area contributed by atoms with Crippen molar-refractivity contribution in [2.24, 2.45) is 5.73 Å². The molecular weight excluding hydrogens is 382 g/mol. The summed E-state index contributed by atoms with van der Waals surface area (Å²) in [7, 11) is 0. The predicted molar refractivity (Wildman–Crippen MR) is 112 cm³/mol. The third kappa shape index (κ3) is 5.21. The lowest BCUT2D eigenvalue weighted by molar-refractivity contribution is 0.0785. The summed E-state index contributed by atoms with van der Waals surface area (Å²) in [4.78, 5) is 28.2. The molecule has 1 aromatic heterocycles. The lowest BCUT2D eigenvalue weighted by Gasteiger charge is -2.18. The zero-order chi connectivity index (χ0) is 21.7. The van der Waals surface area contributed by atoms with Crippen molar-refractivity contribution >= 4 is 11.8 Å². The monoisotopic (exact) mass is 405 g/mol. The van der Waals surface area contributed by atoms with Crippen molar-refractivity contribution in [1.82, 2.24) is 10.3 Å². The van der Waals surface area contributed by atoms with E-state index >= 15 is 0 Å². The van der Waals surface area contributed by atoms with E-state index in [9.17, 15) is 14.7 Å². The summed E-state index contributed by atoms with van der Waals surface area (Å²) in [5.74, 6) is -0.457. The van der Waals surface area contributed by atoms with E-state index in [0.717, 1.165) is 11.1 Å². The van der Waals surface area contributed by atoms with Gasteiger partial charge >= 0.3 is 0 Å². The molecule has 154 valence electrons. The SMILES string of the molecule is CC(C)(O)c1ccc(CNC(=O)c2cccnc2Oc2cccc(C(N)=O)c2)cc1. The number of rotatable bonds is 7. The molecule has 0 saturated heterocycles. The van der Waals surface area contributed by atoms with Gasteiger partial charge in [-0.2, -0.15) is 0 Å². The van der Waals surface area contributed by atoms with Gasteiger partial charge in [-0.05, 0) is 55.3 Å². The summed E-state index contributed by atoms with van der Waals surface area (Å²) in [6.45, 7) is 3.73. The van der Waals surface area contributed by atoms with Crippen LogP contribution in [0.1, 0.15) is 45.7 Å². The van der Waals surface area contributed by atoms with Gasteiger partial charge in [0.05, 0.1) is 5.60 Å². The molecule has 0 spiro atoms. The Labute approximate surface area is 174 Å². The molecular formula is C23H23N3O4. The van der Waals surface area contributed by atoms with Crippen LogP contribution < -0.4 is 15.8 Å². The number of primary amides is 1. The Kier molecular flexibility index (Phi) is 6.13. The van der Waals surface area contributed by atoms with E-state index in [0.29, 0.717) is 17.9 Å². The van der Waals surface area contributed by atoms with Gasteiger partial charge in [-0.25, -0.2) is 4.98 Å². The number of carbonyl (C=O) groups is 2. The van der Waals surface area contributed by atoms with Gasteiger partial charge in [0.1, 0.15) is 11.3 Å². The summed E-state index contributed by atoms with van der Waals surface area (Å²) >= 11 is 0. The zero-order valence-corrected chi connectivity index (χ0v) is 16.8. The normalized spacial score (nSPS) is 11.0. The Morgan fingerprint density at radius 2 is 1.83 bits per heavy atom. The second-order valence-corrected chi connectivity index (χ2v) is 7.29. The molecule has 0 bridgehead atoms. The second-order valence-electron chi connectivity index (χ2n) is 7.29. The molecule has 0 aliphatic carbocycles. The number of carbonyl (C=O) groups excluding carboxylic acids is 2. The minimum atomic E-state index is -0.921. The smallest absolute Gasteiger partial charge is 0.257 e. The third-order valence-corrected chi connectivity index (χ3v) is 4.46. The Morgan fingerprint density at radius 3 is 2.50 bits per heavy atom. The van der Waals surface area contributed by atoms with Crippen molar-refractivity contribution in [1.29, 1.82) is 0 Å². The predicted octanol–water partition coefficient (Wildman–Crippen LogP) is 3.13. The van der Waals surface area contributed by atoms with Crippen LogP contribution in [0.3, 0.4) is 0 Å². The van der Waals surface area contributed by atoms with Gasteiger partial charge < -0.3 is 20.9 Å². The van der Waals surface area contributed by atoms with Crippen LogP contribution in [0.2, 0.25) is 0 Å². The molecule has 7 nitrogen and oxygen atoms in total. The first-order chi connectivity index (χ1) is 14.2. The number of aliphatic hydroxyl groups is 1. The van der Waals surface area contributed by atoms with E-state index in [4.69, 9.17) is 10.5 Å². The van der Waals surface area contributed by atoms with Gasteiger partial charge in [-0.1, -0.05) is 30.3 Å². The van der Waals surface area contributed by atoms with Gasteiger partial charge in [0.15, 0.2) is 0 Å². The highest BCUT2D eigenvalue weighted by Gasteiger charge is 2.17. The Morgan fingerprint density at radius 1 is 1.10 bits per heavy atom. The molecule has 1 heterocycles. The molecule has 3 rings (SSSR count). The molecule has 0 aliphatic heterocycles. The number of nitrogens with two attached hydrogens (primary N) is 1. The standard InChI is InChI=1S/C23H23N3O4/c1-23(2,29)17-10-8-15(9-11-17)14-26-21(28)19-7-4-12-25-22(19)30-18-6-3-5-16(13-18)20(24)27/h3-13,29H,14H2,1-2H3,(H2,24,27)(H,26,28). The molecule has 3 aromatic rings. The summed E-state index contributed by atoms with van der Waals surface area (Å²) in [5.41, 5.74) is 6.60. The van der Waals surface area contributed by atoms with Crippen LogP contribution in [0.15, 0.2) is 66.9 Å². The van der Waals surface area contributed by atoms with Gasteiger partial charge in [0.25, 0.3) is 5.91 Å². The fourth-order valence-corrected chi connectivity index (χ4v) is 2.78. The lowest BCUT2D eigenvalue weighted by atomic mass is 9.97. The van der Waals surface area contributed by atoms with E-state index in [2.05, 4.69) is 10.3 Å². The van der Waals surface area contributed by atoms with Gasteiger partial charge in [-0.15, -0.1) is 0 Å². The average molecular weight is 405 g/mol. The maximum atomic E-state index is 12.7. The van der Waals surface area contributed by atoms with Gasteiger partial charge in [-0.3, -0.25) is 9.59 Å². The van der Waals surface area contributed by atoms with Crippen molar-refractivity contribution < 1.29 is 19.4 Å². The molecule has 7 heteroatoms. The molecule has 0 fully saturated rings. The number of hydrogen-bond donors (Lipinski definition) is 3. The van der Waals surface area contributed by atoms with Crippen LogP contribution >= 0.6 is 0 Å². The zero-order valence-electron chi connectivity index (χ0n) is 16.8. The molecule has 2 amide bonds. The molecule has 0 saturated carbocycles. The van der Waals surface area contributed by atoms with Crippen LogP contribution in [-0.2, 0) is 12.1 Å². The first-order valence-electron chi connectivity index (χ1n) is 9.37. The van der Waals surface area contributed by atoms with Crippen LogP contribution in [-0.4, -0.2) is 21.9 Å². The quantitative estimate of drug-likeness (QED) is 0.559. The van der Waals surface area contributed by atoms with Crippen LogP contribution in [0.25, 0.3) is 0 Å². The first kappa shape index (κ1) is 21.0. The molecule has 30 heavy (non-hydrogen) atoms. The molecule has 0 unspecified atom stereocenters. The minimum Gasteiger partial charge on any atom is -0.438 e. The van der Waals surface area contributed by atoms with Crippen molar-refractivity contribution in [3.05, 3.63) is 89.1 Å².